The van der Waals surface area contributed by atoms with Gasteiger partial charge >= 0.3 is 0 Å². The lowest BCUT2D eigenvalue weighted by atomic mass is 9.95. The second-order valence-corrected chi connectivity index (χ2v) is 4.45. The third kappa shape index (κ3) is 2.34. The Labute approximate surface area is 85.5 Å². The van der Waals surface area contributed by atoms with Gasteiger partial charge in [0.05, 0.1) is 0 Å². The minimum Gasteiger partial charge on any atom is -0.315 e. The van der Waals surface area contributed by atoms with Crippen LogP contribution < -0.4 is 4.90 Å². The molecule has 2 nitrogen and oxygen atoms in total. The van der Waals surface area contributed by atoms with Gasteiger partial charge in [-0.2, -0.15) is 0 Å². The van der Waals surface area contributed by atoms with Gasteiger partial charge < -0.3 is 4.90 Å². The molecule has 2 heteroatoms. The highest BCUT2D eigenvalue weighted by Gasteiger charge is 2.25. The van der Waals surface area contributed by atoms with Crippen molar-refractivity contribution in [3.8, 4) is 0 Å². The Morgan fingerprint density at radius 1 is 1.14 bits per heavy atom. The van der Waals surface area contributed by atoms with Gasteiger partial charge in [-0.15, -0.1) is 0 Å². The van der Waals surface area contributed by atoms with Crippen LogP contribution >= 0.6 is 0 Å². The molecule has 0 saturated heterocycles. The van der Waals surface area contributed by atoms with Crippen molar-refractivity contribution in [2.45, 2.75) is 20.8 Å². The summed E-state index contributed by atoms with van der Waals surface area (Å²) in [5, 5.41) is 0. The Bertz CT molecular complexity index is 311. The van der Waals surface area contributed by atoms with Crippen LogP contribution in [0.15, 0.2) is 30.3 Å². The summed E-state index contributed by atoms with van der Waals surface area (Å²) in [6.07, 6.45) is 0. The molecule has 76 valence electrons. The fourth-order valence-corrected chi connectivity index (χ4v) is 1.27. The SMILES string of the molecule is CN(C(=O)C(C)(C)C)c1ccccc1. The molecule has 0 bridgehead atoms. The average molecular weight is 191 g/mol. The summed E-state index contributed by atoms with van der Waals surface area (Å²) in [4.78, 5) is 13.6. The van der Waals surface area contributed by atoms with Crippen LogP contribution in [0.1, 0.15) is 20.8 Å². The average Bonchev–Trinajstić information content (AvgIpc) is 2.15. The van der Waals surface area contributed by atoms with Gasteiger partial charge in [-0.3, -0.25) is 4.79 Å². The Morgan fingerprint density at radius 2 is 1.64 bits per heavy atom. The van der Waals surface area contributed by atoms with E-state index < -0.39 is 0 Å². The van der Waals surface area contributed by atoms with Gasteiger partial charge in [0.2, 0.25) is 5.91 Å². The van der Waals surface area contributed by atoms with Crippen molar-refractivity contribution < 1.29 is 4.79 Å². The fraction of sp³-hybridized carbons (Fsp3) is 0.417. The number of carbonyl (C=O) groups is 1. The van der Waals surface area contributed by atoms with Crippen LogP contribution in [-0.4, -0.2) is 13.0 Å². The first-order chi connectivity index (χ1) is 6.43. The van der Waals surface area contributed by atoms with E-state index in [2.05, 4.69) is 0 Å². The van der Waals surface area contributed by atoms with Gasteiger partial charge in [-0.1, -0.05) is 39.0 Å². The number of rotatable bonds is 1. The fourth-order valence-electron chi connectivity index (χ4n) is 1.27. The first-order valence-corrected chi connectivity index (χ1v) is 4.76. The molecule has 14 heavy (non-hydrogen) atoms. The minimum absolute atomic E-state index is 0.128. The van der Waals surface area contributed by atoms with Crippen molar-refractivity contribution in [1.29, 1.82) is 0 Å². The van der Waals surface area contributed by atoms with Crippen LogP contribution in [0.25, 0.3) is 0 Å². The normalized spacial score (nSPS) is 11.1. The topological polar surface area (TPSA) is 20.3 Å². The molecule has 0 spiro atoms. The molecule has 0 unspecified atom stereocenters. The first kappa shape index (κ1) is 10.8. The quantitative estimate of drug-likeness (QED) is 0.668. The molecule has 0 fully saturated rings. The van der Waals surface area contributed by atoms with Crippen molar-refractivity contribution in [3.05, 3.63) is 30.3 Å². The summed E-state index contributed by atoms with van der Waals surface area (Å²) in [5.74, 6) is 0.128. The van der Waals surface area contributed by atoms with Crippen LogP contribution in [0.4, 0.5) is 5.69 Å². The van der Waals surface area contributed by atoms with Crippen LogP contribution in [0.5, 0.6) is 0 Å². The van der Waals surface area contributed by atoms with Crippen molar-refractivity contribution in [2.24, 2.45) is 5.41 Å². The zero-order valence-electron chi connectivity index (χ0n) is 9.24. The molecule has 1 aromatic rings. The lowest BCUT2D eigenvalue weighted by molar-refractivity contribution is -0.125. The van der Waals surface area contributed by atoms with E-state index in [0.717, 1.165) is 5.69 Å². The van der Waals surface area contributed by atoms with Crippen LogP contribution in [0.3, 0.4) is 0 Å². The summed E-state index contributed by atoms with van der Waals surface area (Å²) in [7, 11) is 1.81. The predicted molar refractivity (Wildman–Crippen MR) is 59.3 cm³/mol. The Balaban J connectivity index is 2.87. The second kappa shape index (κ2) is 3.82. The molecular weight excluding hydrogens is 174 g/mol. The number of carbonyl (C=O) groups excluding carboxylic acids is 1. The van der Waals surface area contributed by atoms with Crippen molar-refractivity contribution in [1.82, 2.24) is 0 Å². The zero-order chi connectivity index (χ0) is 10.8. The summed E-state index contributed by atoms with van der Waals surface area (Å²) >= 11 is 0. The van der Waals surface area contributed by atoms with Crippen molar-refractivity contribution >= 4 is 11.6 Å². The monoisotopic (exact) mass is 191 g/mol. The number of para-hydroxylation sites is 1. The second-order valence-electron chi connectivity index (χ2n) is 4.45. The number of amides is 1. The molecule has 0 aliphatic carbocycles. The first-order valence-electron chi connectivity index (χ1n) is 4.76. The molecule has 0 N–H and O–H groups in total. The molecular formula is C12H17NO. The molecule has 0 atom stereocenters. The smallest absolute Gasteiger partial charge is 0.232 e. The molecule has 1 amide bonds. The molecule has 0 aliphatic heterocycles. The van der Waals surface area contributed by atoms with Crippen LogP contribution in [0.2, 0.25) is 0 Å². The zero-order valence-corrected chi connectivity index (χ0v) is 9.24. The number of hydrogen-bond acceptors (Lipinski definition) is 1. The van der Waals surface area contributed by atoms with E-state index in [-0.39, 0.29) is 11.3 Å². The lowest BCUT2D eigenvalue weighted by Gasteiger charge is -2.25. The largest absolute Gasteiger partial charge is 0.315 e. The summed E-state index contributed by atoms with van der Waals surface area (Å²) in [6.45, 7) is 5.78. The number of benzene rings is 1. The van der Waals surface area contributed by atoms with Crippen molar-refractivity contribution in [3.63, 3.8) is 0 Å². The summed E-state index contributed by atoms with van der Waals surface area (Å²) in [6, 6.07) is 9.68. The van der Waals surface area contributed by atoms with Crippen molar-refractivity contribution in [2.75, 3.05) is 11.9 Å². The van der Waals surface area contributed by atoms with Gasteiger partial charge in [0, 0.05) is 18.2 Å². The maximum atomic E-state index is 11.9. The molecule has 0 saturated carbocycles. The van der Waals surface area contributed by atoms with Crippen LogP contribution in [-0.2, 0) is 4.79 Å². The van der Waals surface area contributed by atoms with E-state index in [1.165, 1.54) is 0 Å². The highest BCUT2D eigenvalue weighted by molar-refractivity contribution is 5.96. The number of hydrogen-bond donors (Lipinski definition) is 0. The third-order valence-electron chi connectivity index (χ3n) is 2.09. The highest BCUT2D eigenvalue weighted by Crippen LogP contribution is 2.21. The standard InChI is InChI=1S/C12H17NO/c1-12(2,3)11(14)13(4)10-8-6-5-7-9-10/h5-9H,1-4H3. The van der Waals surface area contributed by atoms with E-state index in [1.807, 2.05) is 58.2 Å². The highest BCUT2D eigenvalue weighted by atomic mass is 16.2. The summed E-state index contributed by atoms with van der Waals surface area (Å²) < 4.78 is 0. The maximum absolute atomic E-state index is 11.9. The van der Waals surface area contributed by atoms with Gasteiger partial charge in [0.1, 0.15) is 0 Å². The Morgan fingerprint density at radius 3 is 2.07 bits per heavy atom. The van der Waals surface area contributed by atoms with Gasteiger partial charge in [-0.25, -0.2) is 0 Å². The van der Waals surface area contributed by atoms with E-state index in [4.69, 9.17) is 0 Å². The maximum Gasteiger partial charge on any atom is 0.232 e. The van der Waals surface area contributed by atoms with Gasteiger partial charge in [-0.05, 0) is 12.1 Å². The Hall–Kier alpha value is -1.31. The van der Waals surface area contributed by atoms with E-state index >= 15 is 0 Å². The lowest BCUT2D eigenvalue weighted by Crippen LogP contribution is -2.36. The van der Waals surface area contributed by atoms with E-state index in [1.54, 1.807) is 4.90 Å². The molecule has 1 rings (SSSR count). The molecule has 0 radical (unpaired) electrons. The van der Waals surface area contributed by atoms with Gasteiger partial charge in [0.15, 0.2) is 0 Å². The molecule has 0 aromatic heterocycles. The molecule has 0 aliphatic rings. The minimum atomic E-state index is -0.329. The predicted octanol–water partition coefficient (Wildman–Crippen LogP) is 2.70. The molecule has 0 heterocycles. The number of nitrogens with zero attached hydrogens (tertiary/aromatic N) is 1. The van der Waals surface area contributed by atoms with E-state index in [0.29, 0.717) is 0 Å². The third-order valence-corrected chi connectivity index (χ3v) is 2.09. The van der Waals surface area contributed by atoms with Gasteiger partial charge in [0.25, 0.3) is 0 Å². The Kier molecular flexibility index (Phi) is 2.94. The molecule has 1 aromatic carbocycles. The van der Waals surface area contributed by atoms with Crippen LogP contribution in [0, 0.1) is 5.41 Å². The summed E-state index contributed by atoms with van der Waals surface area (Å²) in [5.41, 5.74) is 0.609. The number of anilines is 1. The van der Waals surface area contributed by atoms with E-state index in [9.17, 15) is 4.79 Å².